The molecule has 0 saturated carbocycles. The first-order chi connectivity index (χ1) is 5.70. The van der Waals surface area contributed by atoms with Crippen molar-refractivity contribution in [2.75, 3.05) is 0 Å². The van der Waals surface area contributed by atoms with Crippen LogP contribution in [-0.2, 0) is 4.79 Å². The average Bonchev–Trinajstić information content (AvgIpc) is 2.29. The predicted octanol–water partition coefficient (Wildman–Crippen LogP) is 1.69. The van der Waals surface area contributed by atoms with Crippen LogP contribution in [0.2, 0.25) is 0 Å². The highest BCUT2D eigenvalue weighted by Crippen LogP contribution is 2.20. The first-order valence-electron chi connectivity index (χ1n) is 3.70. The largest absolute Gasteiger partial charge is 0.352 e. The Balaban J connectivity index is 3.10. The molecule has 2 nitrogen and oxygen atoms in total. The van der Waals surface area contributed by atoms with E-state index in [0.29, 0.717) is 11.3 Å². The van der Waals surface area contributed by atoms with Gasteiger partial charge >= 0.3 is 0 Å². The lowest BCUT2D eigenvalue weighted by Crippen LogP contribution is -2.02. The Hall–Kier alpha value is -1.57. The molecule has 0 amide bonds. The number of Topliss-reactive ketones (excluding diaryl/α,β-unsaturated/α-hetero) is 1. The first-order valence-corrected chi connectivity index (χ1v) is 3.70. The summed E-state index contributed by atoms with van der Waals surface area (Å²) < 4.78 is 0. The molecule has 0 radical (unpaired) electrons. The van der Waals surface area contributed by atoms with Gasteiger partial charge in [0.2, 0.25) is 5.78 Å². The zero-order valence-corrected chi connectivity index (χ0v) is 7.05. The van der Waals surface area contributed by atoms with Gasteiger partial charge in [0.1, 0.15) is 0 Å². The maximum atomic E-state index is 11.3. The van der Waals surface area contributed by atoms with Crippen LogP contribution in [-0.4, -0.2) is 5.78 Å². The van der Waals surface area contributed by atoms with E-state index in [1.165, 1.54) is 0 Å². The van der Waals surface area contributed by atoms with Crippen LogP contribution in [0.3, 0.4) is 0 Å². The minimum absolute atomic E-state index is 0.0365. The quantitative estimate of drug-likeness (QED) is 0.593. The monoisotopic (exact) mass is 161 g/mol. The van der Waals surface area contributed by atoms with Crippen LogP contribution < -0.4 is 5.32 Å². The Morgan fingerprint density at radius 2 is 2.17 bits per heavy atom. The third-order valence-electron chi connectivity index (χ3n) is 1.67. The summed E-state index contributed by atoms with van der Waals surface area (Å²) in [6.45, 7) is 8.97. The second-order valence-electron chi connectivity index (χ2n) is 2.45. The molecule has 12 heavy (non-hydrogen) atoms. The number of carbonyl (C=O) groups excluding carboxylic acids is 1. The molecule has 1 N–H and O–H groups in total. The van der Waals surface area contributed by atoms with Gasteiger partial charge in [0.05, 0.1) is 5.70 Å². The molecule has 0 spiro atoms. The molecule has 0 unspecified atom stereocenters. The third kappa shape index (κ3) is 1.23. The van der Waals surface area contributed by atoms with Gasteiger partial charge in [-0.3, -0.25) is 4.79 Å². The molecule has 62 valence electrons. The van der Waals surface area contributed by atoms with Gasteiger partial charge in [-0.15, -0.1) is 0 Å². The number of allylic oxidation sites excluding steroid dienone is 5. The maximum absolute atomic E-state index is 11.3. The Kier molecular flexibility index (Phi) is 2.29. The van der Waals surface area contributed by atoms with Gasteiger partial charge in [-0.05, 0) is 13.0 Å². The summed E-state index contributed by atoms with van der Waals surface area (Å²) in [5.41, 5.74) is 1.87. The molecule has 1 fully saturated rings. The number of hydrogen-bond donors (Lipinski definition) is 1. The average molecular weight is 161 g/mol. The van der Waals surface area contributed by atoms with E-state index in [1.54, 1.807) is 18.2 Å². The van der Waals surface area contributed by atoms with Crippen molar-refractivity contribution in [3.05, 3.63) is 48.4 Å². The number of carbonyl (C=O) groups is 1. The van der Waals surface area contributed by atoms with Crippen molar-refractivity contribution in [2.45, 2.75) is 6.92 Å². The SMILES string of the molecule is C=C/C=C1/NC(=C)C(=O)/C1=C/C. The van der Waals surface area contributed by atoms with E-state index in [9.17, 15) is 4.79 Å². The zero-order chi connectivity index (χ0) is 9.14. The zero-order valence-electron chi connectivity index (χ0n) is 7.05. The normalized spacial score (nSPS) is 23.4. The van der Waals surface area contributed by atoms with E-state index < -0.39 is 0 Å². The van der Waals surface area contributed by atoms with Crippen LogP contribution in [0.5, 0.6) is 0 Å². The van der Waals surface area contributed by atoms with Gasteiger partial charge in [-0.1, -0.05) is 25.3 Å². The third-order valence-corrected chi connectivity index (χ3v) is 1.67. The highest BCUT2D eigenvalue weighted by Gasteiger charge is 2.24. The van der Waals surface area contributed by atoms with Crippen LogP contribution in [0, 0.1) is 0 Å². The Morgan fingerprint density at radius 1 is 1.50 bits per heavy atom. The summed E-state index contributed by atoms with van der Waals surface area (Å²) >= 11 is 0. The lowest BCUT2D eigenvalue weighted by atomic mass is 10.1. The highest BCUT2D eigenvalue weighted by atomic mass is 16.1. The molecule has 0 atom stereocenters. The van der Waals surface area contributed by atoms with Crippen molar-refractivity contribution in [1.82, 2.24) is 5.32 Å². The summed E-state index contributed by atoms with van der Waals surface area (Å²) in [4.78, 5) is 11.3. The predicted molar refractivity (Wildman–Crippen MR) is 49.3 cm³/mol. The summed E-state index contributed by atoms with van der Waals surface area (Å²) in [5, 5.41) is 2.88. The van der Waals surface area contributed by atoms with E-state index in [1.807, 2.05) is 6.92 Å². The molecule has 0 bridgehead atoms. The fraction of sp³-hybridized carbons (Fsp3) is 0.100. The molecule has 0 aliphatic carbocycles. The summed E-state index contributed by atoms with van der Waals surface area (Å²) in [6, 6.07) is 0. The van der Waals surface area contributed by atoms with E-state index in [4.69, 9.17) is 0 Å². The van der Waals surface area contributed by atoms with Gasteiger partial charge in [0.25, 0.3) is 0 Å². The molecule has 1 rings (SSSR count). The number of hydrogen-bond acceptors (Lipinski definition) is 2. The summed E-state index contributed by atoms with van der Waals surface area (Å²) in [5.74, 6) is -0.0365. The summed E-state index contributed by atoms with van der Waals surface area (Å²) in [6.07, 6.45) is 5.16. The minimum Gasteiger partial charge on any atom is -0.352 e. The van der Waals surface area contributed by atoms with Crippen LogP contribution >= 0.6 is 0 Å². The van der Waals surface area contributed by atoms with Crippen molar-refractivity contribution in [1.29, 1.82) is 0 Å². The first kappa shape index (κ1) is 8.53. The molecule has 1 aliphatic rings. The van der Waals surface area contributed by atoms with Crippen LogP contribution in [0.1, 0.15) is 6.92 Å². The van der Waals surface area contributed by atoms with Crippen molar-refractivity contribution >= 4 is 5.78 Å². The van der Waals surface area contributed by atoms with Crippen LogP contribution in [0.25, 0.3) is 0 Å². The van der Waals surface area contributed by atoms with Crippen LogP contribution in [0.15, 0.2) is 48.4 Å². The van der Waals surface area contributed by atoms with Gasteiger partial charge in [0.15, 0.2) is 0 Å². The molecule has 0 aromatic heterocycles. The Bertz CT molecular complexity index is 308. The lowest BCUT2D eigenvalue weighted by Gasteiger charge is -1.94. The molecule has 0 aromatic carbocycles. The fourth-order valence-electron chi connectivity index (χ4n) is 1.11. The maximum Gasteiger partial charge on any atom is 0.210 e. The Morgan fingerprint density at radius 3 is 2.67 bits per heavy atom. The molecule has 2 heteroatoms. The lowest BCUT2D eigenvalue weighted by molar-refractivity contribution is -0.111. The fourth-order valence-corrected chi connectivity index (χ4v) is 1.11. The van der Waals surface area contributed by atoms with Crippen molar-refractivity contribution in [3.8, 4) is 0 Å². The smallest absolute Gasteiger partial charge is 0.210 e. The Labute approximate surface area is 72.0 Å². The molecule has 1 heterocycles. The second-order valence-corrected chi connectivity index (χ2v) is 2.45. The van der Waals surface area contributed by atoms with Gasteiger partial charge in [0, 0.05) is 11.3 Å². The van der Waals surface area contributed by atoms with E-state index in [-0.39, 0.29) is 5.78 Å². The standard InChI is InChI=1S/C10H11NO/c1-4-6-9-8(5-2)10(12)7(3)11-9/h4-6,11H,1,3H2,2H3/b8-5+,9-6+. The van der Waals surface area contributed by atoms with E-state index >= 15 is 0 Å². The van der Waals surface area contributed by atoms with Gasteiger partial charge < -0.3 is 5.32 Å². The van der Waals surface area contributed by atoms with Gasteiger partial charge in [-0.2, -0.15) is 0 Å². The molecule has 1 saturated heterocycles. The van der Waals surface area contributed by atoms with Crippen molar-refractivity contribution in [2.24, 2.45) is 0 Å². The molecular weight excluding hydrogens is 150 g/mol. The highest BCUT2D eigenvalue weighted by molar-refractivity contribution is 6.13. The minimum atomic E-state index is -0.0365. The van der Waals surface area contributed by atoms with Crippen molar-refractivity contribution in [3.63, 3.8) is 0 Å². The number of nitrogens with one attached hydrogen (secondary N) is 1. The van der Waals surface area contributed by atoms with E-state index in [0.717, 1.165) is 5.70 Å². The summed E-state index contributed by atoms with van der Waals surface area (Å²) in [7, 11) is 0. The van der Waals surface area contributed by atoms with Crippen molar-refractivity contribution < 1.29 is 4.79 Å². The van der Waals surface area contributed by atoms with Gasteiger partial charge in [-0.25, -0.2) is 0 Å². The van der Waals surface area contributed by atoms with Crippen LogP contribution in [0.4, 0.5) is 0 Å². The number of ketones is 1. The van der Waals surface area contributed by atoms with E-state index in [2.05, 4.69) is 18.5 Å². The molecule has 0 aromatic rings. The molecule has 1 aliphatic heterocycles. The topological polar surface area (TPSA) is 29.1 Å². The molecular formula is C10H11NO. The number of rotatable bonds is 1. The second kappa shape index (κ2) is 3.22.